The minimum atomic E-state index is -0.355. The van der Waals surface area contributed by atoms with Crippen molar-refractivity contribution in [2.45, 2.75) is 25.7 Å². The van der Waals surface area contributed by atoms with E-state index in [9.17, 15) is 9.59 Å². The summed E-state index contributed by atoms with van der Waals surface area (Å²) in [6.45, 7) is 1.50. The topological polar surface area (TPSA) is 101 Å². The van der Waals surface area contributed by atoms with Gasteiger partial charge in [-0.05, 0) is 44.0 Å². The van der Waals surface area contributed by atoms with E-state index in [4.69, 9.17) is 5.73 Å². The number of nitrogen functional groups attached to an aromatic ring is 1. The molecule has 0 saturated heterocycles. The minimum Gasteiger partial charge on any atom is -0.395 e. The fourth-order valence-electron chi connectivity index (χ4n) is 2.20. The molecule has 4 N–H and O–H groups in total. The van der Waals surface area contributed by atoms with Crippen LogP contribution >= 0.6 is 0 Å². The Morgan fingerprint density at radius 2 is 1.95 bits per heavy atom. The maximum absolute atomic E-state index is 12.2. The molecule has 6 nitrogen and oxygen atoms in total. The maximum atomic E-state index is 12.2. The van der Waals surface area contributed by atoms with Gasteiger partial charge in [0.05, 0.1) is 11.4 Å². The van der Waals surface area contributed by atoms with Crippen LogP contribution in [0.4, 0.5) is 11.4 Å². The van der Waals surface area contributed by atoms with Crippen LogP contribution in [0, 0.1) is 0 Å². The van der Waals surface area contributed by atoms with Crippen molar-refractivity contribution >= 4 is 23.1 Å². The maximum Gasteiger partial charge on any atom is 0.278 e. The summed E-state index contributed by atoms with van der Waals surface area (Å²) in [5, 5.41) is 9.57. The van der Waals surface area contributed by atoms with Gasteiger partial charge in [-0.3, -0.25) is 14.7 Å². The Kier molecular flexibility index (Phi) is 3.21. The standard InChI is InChI=1S/C15H16N4O2/c1-8(20)9-4-6-11(7-5-9)17-15(21)14-12(16)13(18-19-14)10-2-3-10/h4-7,10H,2-3,16H2,1H3,(H,17,21)(H,18,19). The number of H-pyrrole nitrogens is 1. The van der Waals surface area contributed by atoms with Gasteiger partial charge in [0.2, 0.25) is 0 Å². The largest absolute Gasteiger partial charge is 0.395 e. The Labute approximate surface area is 121 Å². The first kappa shape index (κ1) is 13.4. The third kappa shape index (κ3) is 2.65. The van der Waals surface area contributed by atoms with Gasteiger partial charge >= 0.3 is 0 Å². The molecule has 0 atom stereocenters. The summed E-state index contributed by atoms with van der Waals surface area (Å²) >= 11 is 0. The van der Waals surface area contributed by atoms with Crippen LogP contribution in [-0.4, -0.2) is 21.9 Å². The van der Waals surface area contributed by atoms with Crippen molar-refractivity contribution in [3.05, 3.63) is 41.2 Å². The zero-order chi connectivity index (χ0) is 15.0. The van der Waals surface area contributed by atoms with Gasteiger partial charge in [0, 0.05) is 17.2 Å². The second kappa shape index (κ2) is 5.05. The zero-order valence-corrected chi connectivity index (χ0v) is 11.6. The van der Waals surface area contributed by atoms with Gasteiger partial charge in [0.15, 0.2) is 11.5 Å². The van der Waals surface area contributed by atoms with E-state index < -0.39 is 0 Å². The molecule has 6 heteroatoms. The molecule has 21 heavy (non-hydrogen) atoms. The highest BCUT2D eigenvalue weighted by molar-refractivity contribution is 6.06. The molecule has 1 heterocycles. The Morgan fingerprint density at radius 3 is 2.52 bits per heavy atom. The van der Waals surface area contributed by atoms with E-state index in [2.05, 4.69) is 15.5 Å². The van der Waals surface area contributed by atoms with Gasteiger partial charge in [0.1, 0.15) is 0 Å². The molecule has 2 aromatic rings. The van der Waals surface area contributed by atoms with Crippen molar-refractivity contribution in [3.8, 4) is 0 Å². The summed E-state index contributed by atoms with van der Waals surface area (Å²) < 4.78 is 0. The highest BCUT2D eigenvalue weighted by atomic mass is 16.2. The summed E-state index contributed by atoms with van der Waals surface area (Å²) in [5.41, 5.74) is 8.66. The quantitative estimate of drug-likeness (QED) is 0.750. The zero-order valence-electron chi connectivity index (χ0n) is 11.6. The lowest BCUT2D eigenvalue weighted by Crippen LogP contribution is -2.14. The smallest absolute Gasteiger partial charge is 0.278 e. The molecule has 1 aliphatic carbocycles. The predicted octanol–water partition coefficient (Wildman–Crippen LogP) is 2.32. The second-order valence-electron chi connectivity index (χ2n) is 5.26. The first-order valence-corrected chi connectivity index (χ1v) is 6.82. The Hall–Kier alpha value is -2.63. The molecule has 1 aromatic carbocycles. The molecular formula is C15H16N4O2. The molecule has 3 rings (SSSR count). The lowest BCUT2D eigenvalue weighted by Gasteiger charge is -2.04. The number of rotatable bonds is 4. The average molecular weight is 284 g/mol. The number of carbonyl (C=O) groups excluding carboxylic acids is 2. The van der Waals surface area contributed by atoms with Crippen LogP contribution < -0.4 is 11.1 Å². The Bertz CT molecular complexity index is 699. The molecule has 1 saturated carbocycles. The number of ketones is 1. The van der Waals surface area contributed by atoms with Gasteiger partial charge in [-0.1, -0.05) is 0 Å². The van der Waals surface area contributed by atoms with Gasteiger partial charge < -0.3 is 11.1 Å². The fourth-order valence-corrected chi connectivity index (χ4v) is 2.20. The molecule has 0 radical (unpaired) electrons. The number of hydrogen-bond donors (Lipinski definition) is 3. The van der Waals surface area contributed by atoms with E-state index >= 15 is 0 Å². The lowest BCUT2D eigenvalue weighted by molar-refractivity contribution is 0.101. The summed E-state index contributed by atoms with van der Waals surface area (Å²) in [6, 6.07) is 6.70. The number of nitrogens with two attached hydrogens (primary N) is 1. The summed E-state index contributed by atoms with van der Waals surface area (Å²) in [5.74, 6) is 0.0404. The third-order valence-electron chi connectivity index (χ3n) is 3.58. The first-order chi connectivity index (χ1) is 10.1. The van der Waals surface area contributed by atoms with Gasteiger partial charge in [-0.25, -0.2) is 0 Å². The number of carbonyl (C=O) groups is 2. The molecule has 108 valence electrons. The van der Waals surface area contributed by atoms with Crippen LogP contribution in [0.25, 0.3) is 0 Å². The van der Waals surface area contributed by atoms with E-state index in [1.807, 2.05) is 0 Å². The van der Waals surface area contributed by atoms with Crippen molar-refractivity contribution < 1.29 is 9.59 Å². The summed E-state index contributed by atoms with van der Waals surface area (Å²) in [4.78, 5) is 23.4. The molecule has 1 aromatic heterocycles. The SMILES string of the molecule is CC(=O)c1ccc(NC(=O)c2n[nH]c(C3CC3)c2N)cc1. The van der Waals surface area contributed by atoms with Gasteiger partial charge in [-0.15, -0.1) is 0 Å². The second-order valence-corrected chi connectivity index (χ2v) is 5.26. The highest BCUT2D eigenvalue weighted by Crippen LogP contribution is 2.42. The van der Waals surface area contributed by atoms with Crippen LogP contribution in [0.1, 0.15) is 52.2 Å². The number of hydrogen-bond acceptors (Lipinski definition) is 4. The monoisotopic (exact) mass is 284 g/mol. The van der Waals surface area contributed by atoms with E-state index in [-0.39, 0.29) is 17.4 Å². The van der Waals surface area contributed by atoms with Crippen LogP contribution in [-0.2, 0) is 0 Å². The number of aromatic amines is 1. The number of nitrogens with zero attached hydrogens (tertiary/aromatic N) is 1. The number of anilines is 2. The number of Topliss-reactive ketones (excluding diaryl/α,β-unsaturated/α-hetero) is 1. The van der Waals surface area contributed by atoms with Crippen molar-refractivity contribution in [3.63, 3.8) is 0 Å². The summed E-state index contributed by atoms with van der Waals surface area (Å²) in [7, 11) is 0. The van der Waals surface area contributed by atoms with Crippen molar-refractivity contribution in [1.82, 2.24) is 10.2 Å². The van der Waals surface area contributed by atoms with E-state index in [0.29, 0.717) is 22.9 Å². The van der Waals surface area contributed by atoms with Crippen molar-refractivity contribution in [1.29, 1.82) is 0 Å². The first-order valence-electron chi connectivity index (χ1n) is 6.82. The molecule has 0 aliphatic heterocycles. The van der Waals surface area contributed by atoms with Crippen LogP contribution in [0.3, 0.4) is 0 Å². The van der Waals surface area contributed by atoms with E-state index in [1.54, 1.807) is 24.3 Å². The molecule has 1 fully saturated rings. The van der Waals surface area contributed by atoms with Crippen LogP contribution in [0.5, 0.6) is 0 Å². The molecular weight excluding hydrogens is 268 g/mol. The minimum absolute atomic E-state index is 0.0153. The molecule has 1 aliphatic rings. The summed E-state index contributed by atoms with van der Waals surface area (Å²) in [6.07, 6.45) is 2.17. The Morgan fingerprint density at radius 1 is 1.29 bits per heavy atom. The highest BCUT2D eigenvalue weighted by Gasteiger charge is 2.30. The number of nitrogens with one attached hydrogen (secondary N) is 2. The molecule has 0 bridgehead atoms. The van der Waals surface area contributed by atoms with E-state index in [0.717, 1.165) is 18.5 Å². The lowest BCUT2D eigenvalue weighted by atomic mass is 10.1. The number of aromatic nitrogens is 2. The predicted molar refractivity (Wildman–Crippen MR) is 79.4 cm³/mol. The Balaban J connectivity index is 1.75. The molecule has 0 spiro atoms. The molecule has 0 unspecified atom stereocenters. The van der Waals surface area contributed by atoms with Crippen molar-refractivity contribution in [2.75, 3.05) is 11.1 Å². The molecule has 1 amide bonds. The van der Waals surface area contributed by atoms with Crippen molar-refractivity contribution in [2.24, 2.45) is 0 Å². The number of benzene rings is 1. The van der Waals surface area contributed by atoms with Gasteiger partial charge in [0.25, 0.3) is 5.91 Å². The van der Waals surface area contributed by atoms with Gasteiger partial charge in [-0.2, -0.15) is 5.10 Å². The third-order valence-corrected chi connectivity index (χ3v) is 3.58. The van der Waals surface area contributed by atoms with E-state index in [1.165, 1.54) is 6.92 Å². The fraction of sp³-hybridized carbons (Fsp3) is 0.267. The normalized spacial score (nSPS) is 14.0. The van der Waals surface area contributed by atoms with Crippen LogP contribution in [0.2, 0.25) is 0 Å². The number of amides is 1. The van der Waals surface area contributed by atoms with Crippen LogP contribution in [0.15, 0.2) is 24.3 Å². The average Bonchev–Trinajstić information content (AvgIpc) is 3.22.